The van der Waals surface area contributed by atoms with Crippen LogP contribution in [-0.2, 0) is 6.42 Å². The van der Waals surface area contributed by atoms with Gasteiger partial charge in [0.05, 0.1) is 0 Å². The molecule has 2 N–H and O–H groups in total. The zero-order chi connectivity index (χ0) is 19.3. The van der Waals surface area contributed by atoms with Gasteiger partial charge in [-0.25, -0.2) is 9.98 Å². The Kier molecular flexibility index (Phi) is 3.68. The summed E-state index contributed by atoms with van der Waals surface area (Å²) in [6.45, 7) is 2.61. The number of aromatic hydroxyl groups is 1. The van der Waals surface area contributed by atoms with Crippen molar-refractivity contribution in [2.24, 2.45) is 4.99 Å². The first-order chi connectivity index (χ1) is 13.6. The van der Waals surface area contributed by atoms with Gasteiger partial charge >= 0.3 is 0 Å². The number of phenols is 1. The van der Waals surface area contributed by atoms with Crippen LogP contribution in [-0.4, -0.2) is 27.2 Å². The smallest absolute Gasteiger partial charge is 0.257 e. The van der Waals surface area contributed by atoms with Gasteiger partial charge in [0.15, 0.2) is 6.17 Å². The van der Waals surface area contributed by atoms with E-state index in [2.05, 4.69) is 27.3 Å². The Hall–Kier alpha value is -3.61. The van der Waals surface area contributed by atoms with Crippen LogP contribution < -0.4 is 15.8 Å². The van der Waals surface area contributed by atoms with E-state index in [1.165, 1.54) is 11.6 Å². The number of guanidine groups is 1. The van der Waals surface area contributed by atoms with Gasteiger partial charge in [-0.05, 0) is 42.7 Å². The monoisotopic (exact) mass is 373 g/mol. The minimum atomic E-state index is -0.555. The second-order valence-electron chi connectivity index (χ2n) is 7.00. The third-order valence-corrected chi connectivity index (χ3v) is 5.13. The van der Waals surface area contributed by atoms with Crippen LogP contribution in [0, 0.1) is 6.92 Å². The number of para-hydroxylation sites is 1. The molecule has 3 aromatic rings. The van der Waals surface area contributed by atoms with Crippen molar-refractivity contribution in [2.45, 2.75) is 19.5 Å². The van der Waals surface area contributed by atoms with Crippen LogP contribution in [0.2, 0.25) is 0 Å². The molecule has 1 atom stereocenters. The number of nitrogens with zero attached hydrogens (tertiary/aromatic N) is 4. The van der Waals surface area contributed by atoms with Gasteiger partial charge in [-0.2, -0.15) is 0 Å². The highest BCUT2D eigenvalue weighted by molar-refractivity contribution is 6.06. The number of rotatable bonds is 1. The van der Waals surface area contributed by atoms with E-state index in [0.717, 1.165) is 24.2 Å². The molecule has 1 aromatic heterocycles. The van der Waals surface area contributed by atoms with Gasteiger partial charge in [0.1, 0.15) is 5.75 Å². The molecule has 2 aliphatic heterocycles. The number of aliphatic imine (C=N–C) groups is 1. The van der Waals surface area contributed by atoms with Crippen molar-refractivity contribution in [3.63, 3.8) is 0 Å². The Morgan fingerprint density at radius 1 is 1.14 bits per heavy atom. The lowest BCUT2D eigenvalue weighted by atomic mass is 10.1. The largest absolute Gasteiger partial charge is 0.508 e. The molecular formula is C21H19N5O2. The van der Waals surface area contributed by atoms with Crippen molar-refractivity contribution < 1.29 is 5.11 Å². The lowest BCUT2D eigenvalue weighted by molar-refractivity contribution is 0.474. The minimum absolute atomic E-state index is 0.169. The van der Waals surface area contributed by atoms with Crippen molar-refractivity contribution in [1.29, 1.82) is 0 Å². The average molecular weight is 373 g/mol. The second kappa shape index (κ2) is 6.23. The molecular weight excluding hydrogens is 354 g/mol. The van der Waals surface area contributed by atoms with Crippen LogP contribution in [0.15, 0.2) is 64.4 Å². The van der Waals surface area contributed by atoms with Crippen LogP contribution in [0.3, 0.4) is 0 Å². The van der Waals surface area contributed by atoms with Gasteiger partial charge in [-0.15, -0.1) is 0 Å². The quantitative estimate of drug-likeness (QED) is 0.685. The van der Waals surface area contributed by atoms with Crippen LogP contribution in [0.4, 0.5) is 11.6 Å². The topological polar surface area (TPSA) is 82.8 Å². The van der Waals surface area contributed by atoms with E-state index in [9.17, 15) is 9.90 Å². The molecule has 0 bridgehead atoms. The third-order valence-electron chi connectivity index (χ3n) is 5.13. The first kappa shape index (κ1) is 16.6. The fraction of sp³-hybridized carbons (Fsp3) is 0.190. The number of fused-ring (bicyclic) bond motifs is 2. The molecule has 0 radical (unpaired) electrons. The maximum absolute atomic E-state index is 12.7. The van der Waals surface area contributed by atoms with Gasteiger partial charge in [0.25, 0.3) is 5.56 Å². The summed E-state index contributed by atoms with van der Waals surface area (Å²) in [7, 11) is 0. The van der Waals surface area contributed by atoms with E-state index >= 15 is 0 Å². The van der Waals surface area contributed by atoms with Gasteiger partial charge in [0, 0.05) is 24.0 Å². The summed E-state index contributed by atoms with van der Waals surface area (Å²) in [5.41, 5.74) is 3.67. The SMILES string of the molecule is Cc1cc(=O)n2c(n1)NC(N1CCc3ccccc31)=NC2c1ccc(O)cc1. The number of benzene rings is 2. The average Bonchev–Trinajstić information content (AvgIpc) is 3.11. The molecule has 3 heterocycles. The Morgan fingerprint density at radius 3 is 2.75 bits per heavy atom. The molecule has 7 nitrogen and oxygen atoms in total. The number of hydrogen-bond donors (Lipinski definition) is 2. The Balaban J connectivity index is 1.66. The highest BCUT2D eigenvalue weighted by Gasteiger charge is 2.30. The molecule has 0 saturated heterocycles. The fourth-order valence-corrected chi connectivity index (χ4v) is 3.80. The minimum Gasteiger partial charge on any atom is -0.508 e. The van der Waals surface area contributed by atoms with Crippen LogP contribution in [0.1, 0.15) is 23.0 Å². The molecule has 0 amide bonds. The number of hydrogen-bond acceptors (Lipinski definition) is 6. The van der Waals surface area contributed by atoms with E-state index in [0.29, 0.717) is 17.6 Å². The lowest BCUT2D eigenvalue weighted by Gasteiger charge is -2.31. The number of nitrogens with one attached hydrogen (secondary N) is 1. The van der Waals surface area contributed by atoms with Crippen molar-refractivity contribution >= 4 is 17.6 Å². The van der Waals surface area contributed by atoms with E-state index in [-0.39, 0.29) is 11.3 Å². The Bertz CT molecular complexity index is 1150. The van der Waals surface area contributed by atoms with Gasteiger partial charge < -0.3 is 10.0 Å². The summed E-state index contributed by atoms with van der Waals surface area (Å²) in [6.07, 6.45) is 0.384. The zero-order valence-electron chi connectivity index (χ0n) is 15.3. The first-order valence-electron chi connectivity index (χ1n) is 9.19. The lowest BCUT2D eigenvalue weighted by Crippen LogP contribution is -2.43. The van der Waals surface area contributed by atoms with E-state index < -0.39 is 6.17 Å². The molecule has 1 unspecified atom stereocenters. The standard InChI is InChI=1S/C21H19N5O2/c1-13-12-18(28)26-19(15-6-8-16(27)9-7-15)23-20(24-21(26)22-13)25-11-10-14-4-2-3-5-17(14)25/h2-9,12,19,27H,10-11H2,1H3,(H,22,23,24). The summed E-state index contributed by atoms with van der Waals surface area (Å²) in [5.74, 6) is 1.31. The number of phenolic OH excluding ortho intramolecular Hbond substituents is 1. The first-order valence-corrected chi connectivity index (χ1v) is 9.19. The van der Waals surface area contributed by atoms with E-state index in [1.807, 2.05) is 12.1 Å². The van der Waals surface area contributed by atoms with E-state index in [4.69, 9.17) is 4.99 Å². The predicted molar refractivity (Wildman–Crippen MR) is 108 cm³/mol. The Labute approximate surface area is 161 Å². The molecule has 0 spiro atoms. The summed E-state index contributed by atoms with van der Waals surface area (Å²) >= 11 is 0. The summed E-state index contributed by atoms with van der Waals surface area (Å²) < 4.78 is 1.55. The van der Waals surface area contributed by atoms with Gasteiger partial charge in [-0.1, -0.05) is 30.3 Å². The second-order valence-corrected chi connectivity index (χ2v) is 7.00. The third kappa shape index (κ3) is 2.63. The van der Waals surface area contributed by atoms with Gasteiger partial charge in [0.2, 0.25) is 11.9 Å². The molecule has 7 heteroatoms. The van der Waals surface area contributed by atoms with Crippen LogP contribution in [0.5, 0.6) is 5.75 Å². The highest BCUT2D eigenvalue weighted by atomic mass is 16.3. The van der Waals surface area contributed by atoms with Gasteiger partial charge in [-0.3, -0.25) is 14.7 Å². The maximum Gasteiger partial charge on any atom is 0.257 e. The predicted octanol–water partition coefficient (Wildman–Crippen LogP) is 2.65. The normalized spacial score (nSPS) is 17.5. The molecule has 5 rings (SSSR count). The molecule has 140 valence electrons. The molecule has 28 heavy (non-hydrogen) atoms. The van der Waals surface area contributed by atoms with Crippen molar-refractivity contribution in [3.05, 3.63) is 81.8 Å². The molecule has 0 saturated carbocycles. The van der Waals surface area contributed by atoms with Crippen molar-refractivity contribution in [3.8, 4) is 5.75 Å². The summed E-state index contributed by atoms with van der Waals surface area (Å²) in [6, 6.07) is 16.5. The molecule has 0 fully saturated rings. The summed E-state index contributed by atoms with van der Waals surface area (Å²) in [4.78, 5) is 24.2. The van der Waals surface area contributed by atoms with E-state index in [1.54, 1.807) is 35.8 Å². The molecule has 0 aliphatic carbocycles. The summed E-state index contributed by atoms with van der Waals surface area (Å²) in [5, 5.41) is 12.9. The fourth-order valence-electron chi connectivity index (χ4n) is 3.80. The van der Waals surface area contributed by atoms with Crippen LogP contribution >= 0.6 is 0 Å². The molecule has 2 aromatic carbocycles. The maximum atomic E-state index is 12.7. The molecule has 2 aliphatic rings. The van der Waals surface area contributed by atoms with Crippen molar-refractivity contribution in [2.75, 3.05) is 16.8 Å². The van der Waals surface area contributed by atoms with Crippen molar-refractivity contribution in [1.82, 2.24) is 9.55 Å². The Morgan fingerprint density at radius 2 is 1.93 bits per heavy atom. The zero-order valence-corrected chi connectivity index (χ0v) is 15.3. The number of aryl methyl sites for hydroxylation is 1. The highest BCUT2D eigenvalue weighted by Crippen LogP contribution is 2.32. The van der Waals surface area contributed by atoms with Crippen LogP contribution in [0.25, 0.3) is 0 Å². The number of anilines is 2. The number of aromatic nitrogens is 2.